The number of carbonyl (C=O) groups excluding carboxylic acids is 2. The number of benzene rings is 1. The minimum Gasteiger partial charge on any atom is -0.350 e. The highest BCUT2D eigenvalue weighted by Crippen LogP contribution is 2.17. The minimum absolute atomic E-state index is 0.0883. The Kier molecular flexibility index (Phi) is 4.37. The molecule has 102 valence electrons. The van der Waals surface area contributed by atoms with E-state index in [1.165, 1.54) is 17.0 Å². The first-order chi connectivity index (χ1) is 9.11. The van der Waals surface area contributed by atoms with Crippen LogP contribution in [0.1, 0.15) is 18.4 Å². The number of nitrogens with one attached hydrogen (secondary N) is 1. The quantitative estimate of drug-likeness (QED) is 0.856. The van der Waals surface area contributed by atoms with Gasteiger partial charge in [-0.1, -0.05) is 17.7 Å². The van der Waals surface area contributed by atoms with Crippen molar-refractivity contribution in [1.29, 1.82) is 0 Å². The lowest BCUT2D eigenvalue weighted by Gasteiger charge is -2.19. The van der Waals surface area contributed by atoms with Crippen LogP contribution in [-0.2, 0) is 16.1 Å². The number of carbonyl (C=O) groups is 2. The van der Waals surface area contributed by atoms with Crippen LogP contribution in [0.15, 0.2) is 18.2 Å². The van der Waals surface area contributed by atoms with E-state index in [1.807, 2.05) is 0 Å². The molecule has 1 fully saturated rings. The molecule has 1 aromatic carbocycles. The SMILES string of the molecule is O=CN1CCCC1C(=O)NCc1ccc(Cl)cc1F. The second-order valence-electron chi connectivity index (χ2n) is 4.45. The first-order valence-electron chi connectivity index (χ1n) is 6.04. The van der Waals surface area contributed by atoms with Gasteiger partial charge >= 0.3 is 0 Å². The molecule has 0 radical (unpaired) electrons. The van der Waals surface area contributed by atoms with E-state index in [1.54, 1.807) is 6.07 Å². The smallest absolute Gasteiger partial charge is 0.243 e. The molecule has 1 atom stereocenters. The van der Waals surface area contributed by atoms with Gasteiger partial charge in [0, 0.05) is 23.7 Å². The van der Waals surface area contributed by atoms with Crippen molar-refractivity contribution in [3.63, 3.8) is 0 Å². The third-order valence-electron chi connectivity index (χ3n) is 3.20. The summed E-state index contributed by atoms with van der Waals surface area (Å²) >= 11 is 5.65. The maximum Gasteiger partial charge on any atom is 0.243 e. The molecule has 1 heterocycles. The van der Waals surface area contributed by atoms with E-state index in [9.17, 15) is 14.0 Å². The molecule has 2 rings (SSSR count). The van der Waals surface area contributed by atoms with Gasteiger partial charge in [-0.3, -0.25) is 9.59 Å². The number of nitrogens with zero attached hydrogens (tertiary/aromatic N) is 1. The number of rotatable bonds is 4. The third kappa shape index (κ3) is 3.23. The Morgan fingerprint density at radius 1 is 1.58 bits per heavy atom. The average Bonchev–Trinajstić information content (AvgIpc) is 2.85. The topological polar surface area (TPSA) is 49.4 Å². The predicted octanol–water partition coefficient (Wildman–Crippen LogP) is 1.72. The van der Waals surface area contributed by atoms with Crippen LogP contribution in [0.25, 0.3) is 0 Å². The van der Waals surface area contributed by atoms with Crippen molar-refractivity contribution in [3.8, 4) is 0 Å². The van der Waals surface area contributed by atoms with E-state index < -0.39 is 11.9 Å². The highest BCUT2D eigenvalue weighted by Gasteiger charge is 2.29. The van der Waals surface area contributed by atoms with Crippen molar-refractivity contribution in [1.82, 2.24) is 10.2 Å². The molecule has 1 saturated heterocycles. The van der Waals surface area contributed by atoms with Gasteiger partial charge in [-0.05, 0) is 25.0 Å². The standard InChI is InChI=1S/C13H14ClFN2O2/c14-10-4-3-9(11(15)6-10)7-16-13(19)12-2-1-5-17(12)8-18/h3-4,6,8,12H,1-2,5,7H2,(H,16,19). The summed E-state index contributed by atoms with van der Waals surface area (Å²) in [4.78, 5) is 24.1. The van der Waals surface area contributed by atoms with E-state index in [0.717, 1.165) is 6.42 Å². The Morgan fingerprint density at radius 3 is 3.05 bits per heavy atom. The third-order valence-corrected chi connectivity index (χ3v) is 3.44. The van der Waals surface area contributed by atoms with Gasteiger partial charge in [-0.15, -0.1) is 0 Å². The molecule has 1 aliphatic rings. The van der Waals surface area contributed by atoms with Crippen LogP contribution in [0.3, 0.4) is 0 Å². The lowest BCUT2D eigenvalue weighted by atomic mass is 10.2. The molecular weight excluding hydrogens is 271 g/mol. The number of amides is 2. The normalized spacial score (nSPS) is 18.4. The predicted molar refractivity (Wildman–Crippen MR) is 69.0 cm³/mol. The lowest BCUT2D eigenvalue weighted by Crippen LogP contribution is -2.42. The lowest BCUT2D eigenvalue weighted by molar-refractivity contribution is -0.131. The summed E-state index contributed by atoms with van der Waals surface area (Å²) in [5.74, 6) is -0.703. The molecule has 6 heteroatoms. The minimum atomic E-state index is -0.452. The maximum absolute atomic E-state index is 13.5. The number of hydrogen-bond acceptors (Lipinski definition) is 2. The number of likely N-dealkylation sites (tertiary alicyclic amines) is 1. The van der Waals surface area contributed by atoms with Crippen LogP contribution < -0.4 is 5.32 Å². The molecule has 0 spiro atoms. The van der Waals surface area contributed by atoms with E-state index in [-0.39, 0.29) is 12.5 Å². The van der Waals surface area contributed by atoms with Gasteiger partial charge in [0.25, 0.3) is 0 Å². The molecule has 19 heavy (non-hydrogen) atoms. The zero-order chi connectivity index (χ0) is 13.8. The Morgan fingerprint density at radius 2 is 2.37 bits per heavy atom. The number of halogens is 2. The Balaban J connectivity index is 1.94. The number of hydrogen-bond donors (Lipinski definition) is 1. The Bertz CT molecular complexity index is 496. The zero-order valence-corrected chi connectivity index (χ0v) is 11.0. The van der Waals surface area contributed by atoms with Gasteiger partial charge in [0.1, 0.15) is 11.9 Å². The fraction of sp³-hybridized carbons (Fsp3) is 0.385. The molecule has 1 unspecified atom stereocenters. The molecule has 1 N–H and O–H groups in total. The van der Waals surface area contributed by atoms with Gasteiger partial charge in [0.05, 0.1) is 0 Å². The van der Waals surface area contributed by atoms with Crippen LogP contribution in [0, 0.1) is 5.82 Å². The average molecular weight is 285 g/mol. The maximum atomic E-state index is 13.5. The zero-order valence-electron chi connectivity index (χ0n) is 10.2. The van der Waals surface area contributed by atoms with Gasteiger partial charge < -0.3 is 10.2 Å². The highest BCUT2D eigenvalue weighted by molar-refractivity contribution is 6.30. The molecule has 0 bridgehead atoms. The molecule has 0 saturated carbocycles. The van der Waals surface area contributed by atoms with Crippen molar-refractivity contribution >= 4 is 23.9 Å². The summed E-state index contributed by atoms with van der Waals surface area (Å²) in [5.41, 5.74) is 0.369. The molecular formula is C13H14ClFN2O2. The van der Waals surface area contributed by atoms with Crippen LogP contribution >= 0.6 is 11.6 Å². The summed E-state index contributed by atoms with van der Waals surface area (Å²) in [6.07, 6.45) is 2.14. The molecule has 0 aromatic heterocycles. The summed E-state index contributed by atoms with van der Waals surface area (Å²) in [6, 6.07) is 3.87. The van der Waals surface area contributed by atoms with E-state index >= 15 is 0 Å². The van der Waals surface area contributed by atoms with Gasteiger partial charge in [-0.2, -0.15) is 0 Å². The highest BCUT2D eigenvalue weighted by atomic mass is 35.5. The summed E-state index contributed by atoms with van der Waals surface area (Å²) in [7, 11) is 0. The van der Waals surface area contributed by atoms with Crippen molar-refractivity contribution in [3.05, 3.63) is 34.6 Å². The van der Waals surface area contributed by atoms with Gasteiger partial charge in [-0.25, -0.2) is 4.39 Å². The molecule has 0 aliphatic carbocycles. The van der Waals surface area contributed by atoms with E-state index in [2.05, 4.69) is 5.32 Å². The monoisotopic (exact) mass is 284 g/mol. The molecule has 2 amide bonds. The van der Waals surface area contributed by atoms with Crippen molar-refractivity contribution in [2.45, 2.75) is 25.4 Å². The second-order valence-corrected chi connectivity index (χ2v) is 4.89. The summed E-state index contributed by atoms with van der Waals surface area (Å²) in [6.45, 7) is 0.682. The summed E-state index contributed by atoms with van der Waals surface area (Å²) in [5, 5.41) is 2.96. The van der Waals surface area contributed by atoms with Crippen LogP contribution in [-0.4, -0.2) is 29.8 Å². The molecule has 4 nitrogen and oxygen atoms in total. The first kappa shape index (κ1) is 13.8. The van der Waals surface area contributed by atoms with Gasteiger partial charge in [0.15, 0.2) is 0 Å². The van der Waals surface area contributed by atoms with E-state index in [4.69, 9.17) is 11.6 Å². The first-order valence-corrected chi connectivity index (χ1v) is 6.42. The van der Waals surface area contributed by atoms with Gasteiger partial charge in [0.2, 0.25) is 12.3 Å². The second kappa shape index (κ2) is 6.02. The van der Waals surface area contributed by atoms with Crippen molar-refractivity contribution in [2.75, 3.05) is 6.54 Å². The fourth-order valence-electron chi connectivity index (χ4n) is 2.16. The van der Waals surface area contributed by atoms with Crippen LogP contribution in [0.2, 0.25) is 5.02 Å². The van der Waals surface area contributed by atoms with Crippen LogP contribution in [0.4, 0.5) is 4.39 Å². The van der Waals surface area contributed by atoms with Crippen molar-refractivity contribution in [2.24, 2.45) is 0 Å². The summed E-state index contributed by atoms with van der Waals surface area (Å²) < 4.78 is 13.5. The van der Waals surface area contributed by atoms with E-state index in [0.29, 0.717) is 30.0 Å². The van der Waals surface area contributed by atoms with Crippen LogP contribution in [0.5, 0.6) is 0 Å². The van der Waals surface area contributed by atoms with Crippen molar-refractivity contribution < 1.29 is 14.0 Å². The Hall–Kier alpha value is -1.62. The fourth-order valence-corrected chi connectivity index (χ4v) is 2.32. The molecule has 1 aliphatic heterocycles. The molecule has 1 aromatic rings. The Labute approximate surface area is 115 Å². The largest absolute Gasteiger partial charge is 0.350 e.